The quantitative estimate of drug-likeness (QED) is 0.375. The molecule has 200 valence electrons. The van der Waals surface area contributed by atoms with Crippen LogP contribution >= 0.6 is 23.2 Å². The van der Waals surface area contributed by atoms with Crippen molar-refractivity contribution < 1.29 is 14.3 Å². The molecule has 0 radical (unpaired) electrons. The highest BCUT2D eigenvalue weighted by Gasteiger charge is 2.48. The Hall–Kier alpha value is -2.56. The van der Waals surface area contributed by atoms with Gasteiger partial charge in [-0.3, -0.25) is 9.59 Å². The maximum absolute atomic E-state index is 13.8. The second-order valence-corrected chi connectivity index (χ2v) is 13.2. The Kier molecular flexibility index (Phi) is 7.02. The van der Waals surface area contributed by atoms with Crippen LogP contribution in [0, 0.1) is 10.8 Å². The molecule has 0 bridgehead atoms. The van der Waals surface area contributed by atoms with Crippen molar-refractivity contribution in [3.05, 3.63) is 86.2 Å². The van der Waals surface area contributed by atoms with Crippen LogP contribution in [-0.4, -0.2) is 23.0 Å². The Morgan fingerprint density at radius 2 is 1.34 bits per heavy atom. The molecule has 2 aromatic carbocycles. The lowest BCUT2D eigenvalue weighted by Gasteiger charge is -2.49. The van der Waals surface area contributed by atoms with E-state index in [0.717, 1.165) is 46.5 Å². The van der Waals surface area contributed by atoms with Gasteiger partial charge in [0.1, 0.15) is 6.61 Å². The second kappa shape index (κ2) is 9.88. The number of ether oxygens (including phenoxy) is 1. The molecule has 1 heterocycles. The first-order chi connectivity index (χ1) is 17.9. The predicted octanol–water partition coefficient (Wildman–Crippen LogP) is 8.28. The molecular formula is C32H35Cl2NO3. The van der Waals surface area contributed by atoms with Gasteiger partial charge in [0.05, 0.1) is 10.0 Å². The summed E-state index contributed by atoms with van der Waals surface area (Å²) in [6.07, 6.45) is 2.46. The molecule has 0 N–H and O–H groups in total. The minimum atomic E-state index is -0.479. The summed E-state index contributed by atoms with van der Waals surface area (Å²) in [7, 11) is 0. The van der Waals surface area contributed by atoms with Crippen LogP contribution < -0.4 is 4.74 Å². The summed E-state index contributed by atoms with van der Waals surface area (Å²) in [6, 6.07) is 13.5. The molecular weight excluding hydrogens is 517 g/mol. The van der Waals surface area contributed by atoms with Crippen molar-refractivity contribution in [2.24, 2.45) is 10.8 Å². The SMILES string of the molecule is CCN1C2=C(C(=O)CC(C)(C)C2)C(c2cc(Cl)c(OCc3ccccc3)c(Cl)c2)C2=C1CC(C)(C)CC2=O. The first-order valence-corrected chi connectivity index (χ1v) is 14.1. The number of nitrogens with zero attached hydrogens (tertiary/aromatic N) is 1. The molecule has 0 atom stereocenters. The summed E-state index contributed by atoms with van der Waals surface area (Å²) in [5.74, 6) is 0.122. The zero-order chi connectivity index (χ0) is 27.4. The summed E-state index contributed by atoms with van der Waals surface area (Å²) >= 11 is 13.5. The van der Waals surface area contributed by atoms with Gasteiger partial charge in [-0.05, 0) is 53.9 Å². The summed E-state index contributed by atoms with van der Waals surface area (Å²) in [6.45, 7) is 11.7. The summed E-state index contributed by atoms with van der Waals surface area (Å²) in [5, 5.41) is 0.746. The minimum absolute atomic E-state index is 0.0977. The van der Waals surface area contributed by atoms with Crippen molar-refractivity contribution in [1.82, 2.24) is 4.90 Å². The Bertz CT molecular complexity index is 1290. The van der Waals surface area contributed by atoms with Crippen LogP contribution in [0.25, 0.3) is 0 Å². The fourth-order valence-electron chi connectivity index (χ4n) is 6.38. The zero-order valence-electron chi connectivity index (χ0n) is 22.8. The summed E-state index contributed by atoms with van der Waals surface area (Å²) in [4.78, 5) is 29.8. The van der Waals surface area contributed by atoms with E-state index in [9.17, 15) is 9.59 Å². The summed E-state index contributed by atoms with van der Waals surface area (Å²) in [5.41, 5.74) is 5.01. The molecule has 5 rings (SSSR count). The number of allylic oxidation sites excluding steroid dienone is 4. The van der Waals surface area contributed by atoms with Gasteiger partial charge in [0, 0.05) is 47.8 Å². The highest BCUT2D eigenvalue weighted by Crippen LogP contribution is 2.55. The second-order valence-electron chi connectivity index (χ2n) is 12.4. The third kappa shape index (κ3) is 4.94. The number of hydrogen-bond acceptors (Lipinski definition) is 4. The largest absolute Gasteiger partial charge is 0.486 e. The maximum Gasteiger partial charge on any atom is 0.162 e. The van der Waals surface area contributed by atoms with Crippen LogP contribution in [0.15, 0.2) is 65.0 Å². The third-order valence-corrected chi connectivity index (χ3v) is 8.48. The van der Waals surface area contributed by atoms with E-state index in [1.165, 1.54) is 0 Å². The molecule has 2 aromatic rings. The minimum Gasteiger partial charge on any atom is -0.486 e. The molecule has 0 saturated heterocycles. The summed E-state index contributed by atoms with van der Waals surface area (Å²) < 4.78 is 6.01. The number of carbonyl (C=O) groups is 2. The number of Topliss-reactive ketones (excluding diaryl/α,β-unsaturated/α-hetero) is 2. The average molecular weight is 553 g/mol. The molecule has 0 fully saturated rings. The fraction of sp³-hybridized carbons (Fsp3) is 0.438. The number of benzene rings is 2. The van der Waals surface area contributed by atoms with Crippen molar-refractivity contribution in [3.63, 3.8) is 0 Å². The maximum atomic E-state index is 13.8. The monoisotopic (exact) mass is 551 g/mol. The Morgan fingerprint density at radius 1 is 0.842 bits per heavy atom. The van der Waals surface area contributed by atoms with E-state index in [-0.39, 0.29) is 22.4 Å². The van der Waals surface area contributed by atoms with Crippen molar-refractivity contribution in [3.8, 4) is 5.75 Å². The van der Waals surface area contributed by atoms with Gasteiger partial charge >= 0.3 is 0 Å². The molecule has 38 heavy (non-hydrogen) atoms. The van der Waals surface area contributed by atoms with E-state index in [4.69, 9.17) is 27.9 Å². The number of carbonyl (C=O) groups excluding carboxylic acids is 2. The highest BCUT2D eigenvalue weighted by atomic mass is 35.5. The fourth-order valence-corrected chi connectivity index (χ4v) is 6.99. The molecule has 0 amide bonds. The van der Waals surface area contributed by atoms with Gasteiger partial charge in [-0.25, -0.2) is 0 Å². The van der Waals surface area contributed by atoms with Gasteiger partial charge in [-0.2, -0.15) is 0 Å². The van der Waals surface area contributed by atoms with E-state index < -0.39 is 5.92 Å². The molecule has 0 spiro atoms. The normalized spacial score (nSPS) is 21.0. The van der Waals surface area contributed by atoms with E-state index in [1.54, 1.807) is 0 Å². The van der Waals surface area contributed by atoms with Crippen LogP contribution in [0.5, 0.6) is 5.75 Å². The Morgan fingerprint density at radius 3 is 1.82 bits per heavy atom. The topological polar surface area (TPSA) is 46.6 Å². The van der Waals surface area contributed by atoms with Crippen molar-refractivity contribution in [2.75, 3.05) is 6.54 Å². The Labute approximate surface area is 235 Å². The number of halogens is 2. The van der Waals surface area contributed by atoms with Crippen LogP contribution in [-0.2, 0) is 16.2 Å². The van der Waals surface area contributed by atoms with Gasteiger partial charge in [0.15, 0.2) is 17.3 Å². The molecule has 6 heteroatoms. The smallest absolute Gasteiger partial charge is 0.162 e. The average Bonchev–Trinajstić information content (AvgIpc) is 2.81. The van der Waals surface area contributed by atoms with Crippen LogP contribution in [0.2, 0.25) is 10.0 Å². The molecule has 2 aliphatic carbocycles. The number of rotatable bonds is 5. The van der Waals surface area contributed by atoms with Crippen molar-refractivity contribution in [2.45, 2.75) is 72.8 Å². The van der Waals surface area contributed by atoms with Crippen LogP contribution in [0.4, 0.5) is 0 Å². The van der Waals surface area contributed by atoms with E-state index in [0.29, 0.717) is 41.8 Å². The van der Waals surface area contributed by atoms with Gasteiger partial charge < -0.3 is 9.64 Å². The third-order valence-electron chi connectivity index (χ3n) is 7.92. The van der Waals surface area contributed by atoms with E-state index >= 15 is 0 Å². The van der Waals surface area contributed by atoms with Gasteiger partial charge in [-0.1, -0.05) is 81.2 Å². The molecule has 1 aliphatic heterocycles. The van der Waals surface area contributed by atoms with Gasteiger partial charge in [0.2, 0.25) is 0 Å². The lowest BCUT2D eigenvalue weighted by molar-refractivity contribution is -0.119. The highest BCUT2D eigenvalue weighted by molar-refractivity contribution is 6.37. The Balaban J connectivity index is 1.64. The van der Waals surface area contributed by atoms with Crippen LogP contribution in [0.3, 0.4) is 0 Å². The van der Waals surface area contributed by atoms with Gasteiger partial charge in [-0.15, -0.1) is 0 Å². The predicted molar refractivity (Wildman–Crippen MR) is 152 cm³/mol. The lowest BCUT2D eigenvalue weighted by atomic mass is 9.63. The van der Waals surface area contributed by atoms with Crippen LogP contribution in [0.1, 0.15) is 77.3 Å². The molecule has 0 aromatic heterocycles. The zero-order valence-corrected chi connectivity index (χ0v) is 24.3. The van der Waals surface area contributed by atoms with Crippen molar-refractivity contribution >= 4 is 34.8 Å². The molecule has 0 saturated carbocycles. The standard InChI is InChI=1S/C32H35Cl2NO3/c1-6-35-23-14-31(2,3)16-25(36)28(23)27(29-24(35)15-32(4,5)17-26(29)37)20-12-21(33)30(22(34)13-20)38-18-19-10-8-7-9-11-19/h7-13,27H,6,14-18H2,1-5H3. The first-order valence-electron chi connectivity index (χ1n) is 13.4. The molecule has 0 unspecified atom stereocenters. The lowest BCUT2D eigenvalue weighted by Crippen LogP contribution is -2.44. The number of hydrogen-bond donors (Lipinski definition) is 0. The molecule has 4 nitrogen and oxygen atoms in total. The van der Waals surface area contributed by atoms with Gasteiger partial charge in [0.25, 0.3) is 0 Å². The first kappa shape index (κ1) is 27.0. The van der Waals surface area contributed by atoms with E-state index in [1.807, 2.05) is 42.5 Å². The number of ketones is 2. The van der Waals surface area contributed by atoms with E-state index in [2.05, 4.69) is 39.5 Å². The van der Waals surface area contributed by atoms with Crippen molar-refractivity contribution in [1.29, 1.82) is 0 Å². The molecule has 3 aliphatic rings.